The molecule has 4 nitrogen and oxygen atoms in total. The maximum atomic E-state index is 4.21. The molecule has 4 heteroatoms. The Kier molecular flexibility index (Phi) is 4.20. The van der Waals surface area contributed by atoms with Crippen molar-refractivity contribution in [2.75, 3.05) is 44.4 Å². The number of piperidine rings is 1. The standard InChI is InChI=1S/C13H22N4/c1-14-13-8-12(5-6-15-13)16-9-11-4-3-7-17(2)10-11/h5-6,8,11H,3-4,7,9-10H2,1-2H3,(H2,14,15,16). The summed E-state index contributed by atoms with van der Waals surface area (Å²) < 4.78 is 0. The number of aromatic nitrogens is 1. The van der Waals surface area contributed by atoms with Crippen LogP contribution in [0.2, 0.25) is 0 Å². The number of nitrogens with one attached hydrogen (secondary N) is 2. The lowest BCUT2D eigenvalue weighted by Gasteiger charge is -2.29. The van der Waals surface area contributed by atoms with Crippen molar-refractivity contribution < 1.29 is 0 Å². The molecule has 0 amide bonds. The molecule has 1 aromatic rings. The highest BCUT2D eigenvalue weighted by molar-refractivity contribution is 5.51. The van der Waals surface area contributed by atoms with Crippen molar-refractivity contribution in [3.05, 3.63) is 18.3 Å². The molecule has 1 aliphatic rings. The van der Waals surface area contributed by atoms with E-state index < -0.39 is 0 Å². The normalized spacial score (nSPS) is 21.2. The zero-order valence-corrected chi connectivity index (χ0v) is 10.7. The summed E-state index contributed by atoms with van der Waals surface area (Å²) >= 11 is 0. The largest absolute Gasteiger partial charge is 0.385 e. The van der Waals surface area contributed by atoms with E-state index in [-0.39, 0.29) is 0 Å². The second-order valence-electron chi connectivity index (χ2n) is 4.83. The number of rotatable bonds is 4. The van der Waals surface area contributed by atoms with Gasteiger partial charge in [-0.25, -0.2) is 4.98 Å². The first kappa shape index (κ1) is 12.2. The second kappa shape index (κ2) is 5.87. The second-order valence-corrected chi connectivity index (χ2v) is 4.83. The van der Waals surface area contributed by atoms with Gasteiger partial charge < -0.3 is 15.5 Å². The third-order valence-corrected chi connectivity index (χ3v) is 3.33. The Morgan fingerprint density at radius 3 is 3.18 bits per heavy atom. The van der Waals surface area contributed by atoms with E-state index in [0.29, 0.717) is 0 Å². The Morgan fingerprint density at radius 2 is 2.41 bits per heavy atom. The molecule has 0 bridgehead atoms. The molecule has 1 aromatic heterocycles. The van der Waals surface area contributed by atoms with Crippen molar-refractivity contribution in [2.45, 2.75) is 12.8 Å². The van der Waals surface area contributed by atoms with Crippen molar-refractivity contribution in [1.29, 1.82) is 0 Å². The monoisotopic (exact) mass is 234 g/mol. The Labute approximate surface area is 103 Å². The number of pyridine rings is 1. The minimum atomic E-state index is 0.764. The molecule has 17 heavy (non-hydrogen) atoms. The van der Waals surface area contributed by atoms with Crippen molar-refractivity contribution in [2.24, 2.45) is 5.92 Å². The van der Waals surface area contributed by atoms with Crippen LogP contribution in [0.5, 0.6) is 0 Å². The van der Waals surface area contributed by atoms with Gasteiger partial charge >= 0.3 is 0 Å². The van der Waals surface area contributed by atoms with E-state index in [1.807, 2.05) is 25.4 Å². The van der Waals surface area contributed by atoms with E-state index in [4.69, 9.17) is 0 Å². The van der Waals surface area contributed by atoms with Gasteiger partial charge in [0.25, 0.3) is 0 Å². The minimum absolute atomic E-state index is 0.764. The molecule has 1 atom stereocenters. The van der Waals surface area contributed by atoms with Crippen LogP contribution in [0.3, 0.4) is 0 Å². The van der Waals surface area contributed by atoms with Gasteiger partial charge in [0.05, 0.1) is 0 Å². The first-order valence-corrected chi connectivity index (χ1v) is 6.34. The van der Waals surface area contributed by atoms with Gasteiger partial charge in [-0.3, -0.25) is 0 Å². The predicted molar refractivity (Wildman–Crippen MR) is 72.5 cm³/mol. The zero-order valence-electron chi connectivity index (χ0n) is 10.7. The molecule has 94 valence electrons. The predicted octanol–water partition coefficient (Wildman–Crippen LogP) is 1.88. The van der Waals surface area contributed by atoms with Crippen LogP contribution in [0.1, 0.15) is 12.8 Å². The zero-order chi connectivity index (χ0) is 12.1. The first-order chi connectivity index (χ1) is 8.28. The molecule has 1 saturated heterocycles. The first-order valence-electron chi connectivity index (χ1n) is 6.34. The summed E-state index contributed by atoms with van der Waals surface area (Å²) in [7, 11) is 4.10. The van der Waals surface area contributed by atoms with Gasteiger partial charge in [-0.2, -0.15) is 0 Å². The average Bonchev–Trinajstić information content (AvgIpc) is 2.37. The van der Waals surface area contributed by atoms with Crippen LogP contribution in [-0.4, -0.2) is 43.6 Å². The molecule has 0 aromatic carbocycles. The molecule has 0 saturated carbocycles. The number of nitrogens with zero attached hydrogens (tertiary/aromatic N) is 2. The van der Waals surface area contributed by atoms with Gasteiger partial charge in [0.15, 0.2) is 0 Å². The molecule has 1 unspecified atom stereocenters. The Hall–Kier alpha value is -1.29. The van der Waals surface area contributed by atoms with Gasteiger partial charge in [-0.1, -0.05) is 0 Å². The topological polar surface area (TPSA) is 40.2 Å². The fraction of sp³-hybridized carbons (Fsp3) is 0.615. The molecule has 0 spiro atoms. The number of hydrogen-bond donors (Lipinski definition) is 2. The Morgan fingerprint density at radius 1 is 1.53 bits per heavy atom. The van der Waals surface area contributed by atoms with Crippen LogP contribution < -0.4 is 10.6 Å². The van der Waals surface area contributed by atoms with Crippen molar-refractivity contribution in [3.63, 3.8) is 0 Å². The van der Waals surface area contributed by atoms with E-state index in [0.717, 1.165) is 24.0 Å². The highest BCUT2D eigenvalue weighted by atomic mass is 15.1. The summed E-state index contributed by atoms with van der Waals surface area (Å²) in [6.07, 6.45) is 4.49. The van der Waals surface area contributed by atoms with Crippen LogP contribution in [0.4, 0.5) is 11.5 Å². The van der Waals surface area contributed by atoms with E-state index in [1.54, 1.807) is 0 Å². The molecular formula is C13H22N4. The third-order valence-electron chi connectivity index (χ3n) is 3.33. The van der Waals surface area contributed by atoms with Crippen molar-refractivity contribution >= 4 is 11.5 Å². The summed E-state index contributed by atoms with van der Waals surface area (Å²) in [5, 5.41) is 6.56. The average molecular weight is 234 g/mol. The summed E-state index contributed by atoms with van der Waals surface area (Å²) in [5.41, 5.74) is 1.15. The number of likely N-dealkylation sites (tertiary alicyclic amines) is 1. The van der Waals surface area contributed by atoms with Gasteiger partial charge in [0.1, 0.15) is 5.82 Å². The van der Waals surface area contributed by atoms with Gasteiger partial charge in [0, 0.05) is 38.1 Å². The van der Waals surface area contributed by atoms with Crippen LogP contribution >= 0.6 is 0 Å². The van der Waals surface area contributed by atoms with E-state index in [1.165, 1.54) is 25.9 Å². The smallest absolute Gasteiger partial charge is 0.127 e. The fourth-order valence-corrected chi connectivity index (χ4v) is 2.38. The van der Waals surface area contributed by atoms with Crippen LogP contribution in [0.25, 0.3) is 0 Å². The molecule has 2 rings (SSSR count). The molecule has 1 fully saturated rings. The third kappa shape index (κ3) is 3.60. The lowest BCUT2D eigenvalue weighted by Crippen LogP contribution is -2.35. The van der Waals surface area contributed by atoms with Crippen LogP contribution in [0, 0.1) is 5.92 Å². The summed E-state index contributed by atoms with van der Waals surface area (Å²) in [6, 6.07) is 4.07. The van der Waals surface area contributed by atoms with Crippen LogP contribution in [-0.2, 0) is 0 Å². The van der Waals surface area contributed by atoms with Crippen LogP contribution in [0.15, 0.2) is 18.3 Å². The lowest BCUT2D eigenvalue weighted by molar-refractivity contribution is 0.217. The van der Waals surface area contributed by atoms with E-state index in [9.17, 15) is 0 Å². The fourth-order valence-electron chi connectivity index (χ4n) is 2.38. The SMILES string of the molecule is CNc1cc(NCC2CCCN(C)C2)ccn1. The highest BCUT2D eigenvalue weighted by Crippen LogP contribution is 2.17. The van der Waals surface area contributed by atoms with Crippen molar-refractivity contribution in [1.82, 2.24) is 9.88 Å². The molecule has 0 radical (unpaired) electrons. The summed E-state index contributed by atoms with van der Waals surface area (Å²) in [4.78, 5) is 6.62. The Balaban J connectivity index is 1.84. The maximum absolute atomic E-state index is 4.21. The van der Waals surface area contributed by atoms with Gasteiger partial charge in [-0.15, -0.1) is 0 Å². The highest BCUT2D eigenvalue weighted by Gasteiger charge is 2.16. The van der Waals surface area contributed by atoms with Crippen molar-refractivity contribution in [3.8, 4) is 0 Å². The van der Waals surface area contributed by atoms with E-state index in [2.05, 4.69) is 27.6 Å². The summed E-state index contributed by atoms with van der Waals surface area (Å²) in [5.74, 6) is 1.68. The quantitative estimate of drug-likeness (QED) is 0.834. The molecule has 1 aliphatic heterocycles. The number of anilines is 2. The molecule has 2 N–H and O–H groups in total. The maximum Gasteiger partial charge on any atom is 0.127 e. The lowest BCUT2D eigenvalue weighted by atomic mass is 9.98. The minimum Gasteiger partial charge on any atom is -0.385 e. The summed E-state index contributed by atoms with van der Waals surface area (Å²) in [6.45, 7) is 3.50. The Bertz CT molecular complexity index is 353. The molecule has 2 heterocycles. The van der Waals surface area contributed by atoms with Gasteiger partial charge in [0.2, 0.25) is 0 Å². The molecular weight excluding hydrogens is 212 g/mol. The number of hydrogen-bond acceptors (Lipinski definition) is 4. The van der Waals surface area contributed by atoms with E-state index >= 15 is 0 Å². The van der Waals surface area contributed by atoms with Gasteiger partial charge in [-0.05, 0) is 38.4 Å². The molecule has 0 aliphatic carbocycles.